The maximum atomic E-state index is 12.7. The number of hydrogen-bond acceptors (Lipinski definition) is 2. The molecule has 0 spiro atoms. The van der Waals surface area contributed by atoms with Gasteiger partial charge in [0.2, 0.25) is 0 Å². The lowest BCUT2D eigenvalue weighted by atomic mass is 10.1. The highest BCUT2D eigenvalue weighted by Gasteiger charge is 2.41. The van der Waals surface area contributed by atoms with Gasteiger partial charge < -0.3 is 4.90 Å². The predicted octanol–water partition coefficient (Wildman–Crippen LogP) is 4.06. The number of carbonyl (C=O) groups is 2. The zero-order valence-corrected chi connectivity index (χ0v) is 14.6. The van der Waals surface area contributed by atoms with Crippen LogP contribution in [0.4, 0.5) is 4.79 Å². The standard InChI is InChI=1S/C21H24N2O2/c1-17-20(24)23(16-19-12-7-4-8-13-19)21(25)22(17)15-9-14-18-10-5-2-3-6-11-18/h2,4-8,10-13,17H,3,9,14-16H2,1H3. The van der Waals surface area contributed by atoms with E-state index in [1.165, 1.54) is 10.5 Å². The molecule has 3 rings (SSSR count). The van der Waals surface area contributed by atoms with Gasteiger partial charge in [0.15, 0.2) is 0 Å². The monoisotopic (exact) mass is 336 g/mol. The summed E-state index contributed by atoms with van der Waals surface area (Å²) in [5, 5.41) is 0. The zero-order valence-electron chi connectivity index (χ0n) is 14.6. The van der Waals surface area contributed by atoms with E-state index in [4.69, 9.17) is 0 Å². The summed E-state index contributed by atoms with van der Waals surface area (Å²) >= 11 is 0. The van der Waals surface area contributed by atoms with Crippen LogP contribution in [0, 0.1) is 0 Å². The fraction of sp³-hybridized carbons (Fsp3) is 0.333. The Labute approximate surface area is 149 Å². The number of urea groups is 1. The van der Waals surface area contributed by atoms with Gasteiger partial charge in [0, 0.05) is 6.54 Å². The van der Waals surface area contributed by atoms with Crippen molar-refractivity contribution in [3.63, 3.8) is 0 Å². The van der Waals surface area contributed by atoms with E-state index in [1.807, 2.05) is 37.3 Å². The van der Waals surface area contributed by atoms with Gasteiger partial charge in [-0.25, -0.2) is 4.79 Å². The molecule has 1 fully saturated rings. The molecule has 1 heterocycles. The summed E-state index contributed by atoms with van der Waals surface area (Å²) in [6.07, 6.45) is 13.3. The van der Waals surface area contributed by atoms with Gasteiger partial charge in [0.25, 0.3) is 5.91 Å². The molecular formula is C21H24N2O2. The van der Waals surface area contributed by atoms with Crippen LogP contribution in [0.15, 0.2) is 66.3 Å². The molecule has 0 N–H and O–H groups in total. The lowest BCUT2D eigenvalue weighted by Gasteiger charge is -2.19. The minimum absolute atomic E-state index is 0.106. The Balaban J connectivity index is 1.58. The van der Waals surface area contributed by atoms with E-state index in [2.05, 4.69) is 30.4 Å². The van der Waals surface area contributed by atoms with Gasteiger partial charge in [-0.2, -0.15) is 0 Å². The number of carbonyl (C=O) groups excluding carboxylic acids is 2. The predicted molar refractivity (Wildman–Crippen MR) is 98.8 cm³/mol. The average molecular weight is 336 g/mol. The summed E-state index contributed by atoms with van der Waals surface area (Å²) in [6.45, 7) is 2.77. The fourth-order valence-corrected chi connectivity index (χ4v) is 3.22. The van der Waals surface area contributed by atoms with Crippen LogP contribution in [0.25, 0.3) is 0 Å². The van der Waals surface area contributed by atoms with Crippen LogP contribution in [-0.2, 0) is 11.3 Å². The number of amides is 3. The first kappa shape index (κ1) is 17.2. The molecule has 1 unspecified atom stereocenters. The molecule has 0 bridgehead atoms. The first-order chi connectivity index (χ1) is 12.2. The van der Waals surface area contributed by atoms with Crippen LogP contribution in [0.1, 0.15) is 31.7 Å². The SMILES string of the molecule is CC1C(=O)N(Cc2ccccc2)C(=O)N1CCCC1=CC=CCC=C1. The average Bonchev–Trinajstić information content (AvgIpc) is 2.84. The van der Waals surface area contributed by atoms with E-state index >= 15 is 0 Å². The second-order valence-electron chi connectivity index (χ2n) is 6.47. The van der Waals surface area contributed by atoms with E-state index < -0.39 is 0 Å². The molecule has 4 heteroatoms. The highest BCUT2D eigenvalue weighted by atomic mass is 16.2. The van der Waals surface area contributed by atoms with Gasteiger partial charge in [-0.15, -0.1) is 0 Å². The lowest BCUT2D eigenvalue weighted by molar-refractivity contribution is -0.128. The number of benzene rings is 1. The van der Waals surface area contributed by atoms with Crippen molar-refractivity contribution in [1.82, 2.24) is 9.80 Å². The van der Waals surface area contributed by atoms with Crippen molar-refractivity contribution in [2.24, 2.45) is 0 Å². The van der Waals surface area contributed by atoms with Crippen molar-refractivity contribution in [2.75, 3.05) is 6.54 Å². The van der Waals surface area contributed by atoms with E-state index in [0.717, 1.165) is 24.8 Å². The Morgan fingerprint density at radius 3 is 2.72 bits per heavy atom. The van der Waals surface area contributed by atoms with Crippen molar-refractivity contribution < 1.29 is 9.59 Å². The minimum Gasteiger partial charge on any atom is -0.313 e. The molecule has 0 aromatic heterocycles. The van der Waals surface area contributed by atoms with Crippen LogP contribution in [0.2, 0.25) is 0 Å². The second-order valence-corrected chi connectivity index (χ2v) is 6.47. The van der Waals surface area contributed by atoms with E-state index in [1.54, 1.807) is 4.90 Å². The Morgan fingerprint density at radius 1 is 1.12 bits per heavy atom. The minimum atomic E-state index is -0.380. The number of nitrogens with zero attached hydrogens (tertiary/aromatic N) is 2. The van der Waals surface area contributed by atoms with E-state index in [0.29, 0.717) is 13.1 Å². The van der Waals surface area contributed by atoms with Crippen LogP contribution >= 0.6 is 0 Å². The molecule has 3 amide bonds. The summed E-state index contributed by atoms with van der Waals surface area (Å²) in [4.78, 5) is 28.2. The number of allylic oxidation sites excluding steroid dienone is 6. The van der Waals surface area contributed by atoms with Gasteiger partial charge in [-0.05, 0) is 37.3 Å². The van der Waals surface area contributed by atoms with Crippen LogP contribution in [0.5, 0.6) is 0 Å². The molecule has 130 valence electrons. The molecule has 1 aromatic rings. The Bertz CT molecular complexity index is 719. The number of hydrogen-bond donors (Lipinski definition) is 0. The van der Waals surface area contributed by atoms with Crippen LogP contribution in [-0.4, -0.2) is 34.3 Å². The quantitative estimate of drug-likeness (QED) is 0.735. The van der Waals surface area contributed by atoms with Crippen LogP contribution in [0.3, 0.4) is 0 Å². The molecule has 1 atom stereocenters. The topological polar surface area (TPSA) is 40.6 Å². The second kappa shape index (κ2) is 7.97. The van der Waals surface area contributed by atoms with E-state index in [-0.39, 0.29) is 18.0 Å². The van der Waals surface area contributed by atoms with E-state index in [9.17, 15) is 9.59 Å². The normalized spacial score (nSPS) is 20.2. The maximum Gasteiger partial charge on any atom is 0.327 e. The summed E-state index contributed by atoms with van der Waals surface area (Å²) < 4.78 is 0. The summed E-state index contributed by atoms with van der Waals surface area (Å²) in [5.41, 5.74) is 2.24. The highest BCUT2D eigenvalue weighted by Crippen LogP contribution is 2.21. The Kier molecular flexibility index (Phi) is 5.49. The smallest absolute Gasteiger partial charge is 0.313 e. The van der Waals surface area contributed by atoms with Gasteiger partial charge in [0.1, 0.15) is 6.04 Å². The molecule has 1 saturated heterocycles. The fourth-order valence-electron chi connectivity index (χ4n) is 3.22. The molecule has 1 aliphatic heterocycles. The third kappa shape index (κ3) is 4.08. The van der Waals surface area contributed by atoms with Gasteiger partial charge in [-0.3, -0.25) is 9.69 Å². The molecule has 4 nitrogen and oxygen atoms in total. The summed E-state index contributed by atoms with van der Waals surface area (Å²) in [5.74, 6) is -0.106. The molecule has 0 radical (unpaired) electrons. The van der Waals surface area contributed by atoms with Gasteiger partial charge in [-0.1, -0.05) is 60.7 Å². The molecule has 1 aromatic carbocycles. The molecular weight excluding hydrogens is 312 g/mol. The third-order valence-corrected chi connectivity index (χ3v) is 4.67. The first-order valence-electron chi connectivity index (χ1n) is 8.85. The highest BCUT2D eigenvalue weighted by molar-refractivity contribution is 6.03. The Morgan fingerprint density at radius 2 is 1.92 bits per heavy atom. The molecule has 2 aliphatic rings. The maximum absolute atomic E-state index is 12.7. The zero-order chi connectivity index (χ0) is 17.6. The largest absolute Gasteiger partial charge is 0.327 e. The van der Waals surface area contributed by atoms with Gasteiger partial charge >= 0.3 is 6.03 Å². The summed E-state index contributed by atoms with van der Waals surface area (Å²) in [7, 11) is 0. The van der Waals surface area contributed by atoms with Gasteiger partial charge in [0.05, 0.1) is 6.54 Å². The molecule has 1 aliphatic carbocycles. The van der Waals surface area contributed by atoms with Crippen molar-refractivity contribution in [2.45, 2.75) is 38.8 Å². The van der Waals surface area contributed by atoms with Crippen molar-refractivity contribution in [3.05, 3.63) is 71.8 Å². The number of rotatable bonds is 6. The first-order valence-corrected chi connectivity index (χ1v) is 8.85. The lowest BCUT2D eigenvalue weighted by Crippen LogP contribution is -2.34. The molecule has 25 heavy (non-hydrogen) atoms. The van der Waals surface area contributed by atoms with Crippen molar-refractivity contribution >= 4 is 11.9 Å². The third-order valence-electron chi connectivity index (χ3n) is 4.67. The van der Waals surface area contributed by atoms with Crippen LogP contribution < -0.4 is 0 Å². The number of imide groups is 1. The molecule has 0 saturated carbocycles. The Hall–Kier alpha value is -2.62. The van der Waals surface area contributed by atoms with Crippen molar-refractivity contribution in [1.29, 1.82) is 0 Å². The summed E-state index contributed by atoms with van der Waals surface area (Å²) in [6, 6.07) is 9.09. The van der Waals surface area contributed by atoms with Crippen molar-refractivity contribution in [3.8, 4) is 0 Å².